The molecule has 3 heterocycles. The van der Waals surface area contributed by atoms with E-state index in [1.165, 1.54) is 4.88 Å². The molecule has 0 unspecified atom stereocenters. The lowest BCUT2D eigenvalue weighted by molar-refractivity contribution is 0.946. The van der Waals surface area contributed by atoms with Gasteiger partial charge in [0.2, 0.25) is 5.95 Å². The van der Waals surface area contributed by atoms with Crippen molar-refractivity contribution in [1.29, 1.82) is 0 Å². The second kappa shape index (κ2) is 6.36. The molecule has 0 aromatic carbocycles. The van der Waals surface area contributed by atoms with Crippen LogP contribution in [0.2, 0.25) is 0 Å². The lowest BCUT2D eigenvalue weighted by Crippen LogP contribution is -2.04. The standard InChI is InChI=1S/C14H15N5S2/c1-3-5-16-14-18-12-10(7-9(2)20-12)13(19-14)21-11-4-6-15-8-17-11/h4,6-8H,3,5H2,1-2H3,(H,16,18,19). The van der Waals surface area contributed by atoms with Gasteiger partial charge in [-0.3, -0.25) is 0 Å². The first-order valence-electron chi connectivity index (χ1n) is 6.72. The maximum atomic E-state index is 4.63. The Morgan fingerprint density at radius 3 is 3.00 bits per heavy atom. The van der Waals surface area contributed by atoms with Crippen molar-refractivity contribution < 1.29 is 0 Å². The molecule has 3 aromatic heterocycles. The molecule has 3 rings (SSSR count). The van der Waals surface area contributed by atoms with Gasteiger partial charge in [0.25, 0.3) is 0 Å². The van der Waals surface area contributed by atoms with E-state index in [1.807, 2.05) is 6.07 Å². The topological polar surface area (TPSA) is 63.6 Å². The average Bonchev–Trinajstić information content (AvgIpc) is 2.87. The maximum absolute atomic E-state index is 4.63. The Bertz CT molecular complexity index is 742. The highest BCUT2D eigenvalue weighted by Gasteiger charge is 2.12. The molecule has 108 valence electrons. The molecule has 0 bridgehead atoms. The van der Waals surface area contributed by atoms with E-state index in [0.29, 0.717) is 5.95 Å². The molecule has 0 aliphatic carbocycles. The smallest absolute Gasteiger partial charge is 0.225 e. The molecule has 0 saturated heterocycles. The highest BCUT2D eigenvalue weighted by atomic mass is 32.2. The van der Waals surface area contributed by atoms with Crippen molar-refractivity contribution in [2.24, 2.45) is 0 Å². The molecule has 5 nitrogen and oxygen atoms in total. The van der Waals surface area contributed by atoms with Crippen LogP contribution in [0.25, 0.3) is 10.2 Å². The fraction of sp³-hybridized carbons (Fsp3) is 0.286. The van der Waals surface area contributed by atoms with Crippen LogP contribution in [0.15, 0.2) is 34.7 Å². The zero-order chi connectivity index (χ0) is 14.7. The zero-order valence-corrected chi connectivity index (χ0v) is 13.5. The van der Waals surface area contributed by atoms with Gasteiger partial charge in [-0.05, 0) is 37.2 Å². The third-order valence-corrected chi connectivity index (χ3v) is 4.67. The van der Waals surface area contributed by atoms with Crippen molar-refractivity contribution in [2.75, 3.05) is 11.9 Å². The summed E-state index contributed by atoms with van der Waals surface area (Å²) in [6, 6.07) is 4.02. The Kier molecular flexibility index (Phi) is 4.31. The Labute approximate surface area is 131 Å². The first-order chi connectivity index (χ1) is 10.3. The predicted octanol–water partition coefficient (Wildman–Crippen LogP) is 3.76. The van der Waals surface area contributed by atoms with Crippen LogP contribution < -0.4 is 5.32 Å². The van der Waals surface area contributed by atoms with E-state index in [-0.39, 0.29) is 0 Å². The maximum Gasteiger partial charge on any atom is 0.225 e. The zero-order valence-electron chi connectivity index (χ0n) is 11.8. The van der Waals surface area contributed by atoms with E-state index in [2.05, 4.69) is 45.2 Å². The number of hydrogen-bond acceptors (Lipinski definition) is 7. The summed E-state index contributed by atoms with van der Waals surface area (Å²) in [4.78, 5) is 19.7. The van der Waals surface area contributed by atoms with Gasteiger partial charge in [0.05, 0.1) is 0 Å². The van der Waals surface area contributed by atoms with E-state index in [0.717, 1.165) is 33.2 Å². The lowest BCUT2D eigenvalue weighted by Gasteiger charge is -2.06. The van der Waals surface area contributed by atoms with E-state index in [4.69, 9.17) is 0 Å². The number of hydrogen-bond donors (Lipinski definition) is 1. The Morgan fingerprint density at radius 2 is 2.24 bits per heavy atom. The van der Waals surface area contributed by atoms with Crippen molar-refractivity contribution in [2.45, 2.75) is 30.3 Å². The van der Waals surface area contributed by atoms with Crippen LogP contribution in [-0.4, -0.2) is 26.5 Å². The van der Waals surface area contributed by atoms with E-state index in [1.54, 1.807) is 35.6 Å². The van der Waals surface area contributed by atoms with Gasteiger partial charge in [-0.15, -0.1) is 11.3 Å². The summed E-state index contributed by atoms with van der Waals surface area (Å²) in [6.45, 7) is 5.08. The monoisotopic (exact) mass is 317 g/mol. The molecule has 0 amide bonds. The molecule has 0 radical (unpaired) electrons. The molecule has 0 atom stereocenters. The number of aromatic nitrogens is 4. The fourth-order valence-corrected chi connectivity index (χ4v) is 3.62. The largest absolute Gasteiger partial charge is 0.354 e. The summed E-state index contributed by atoms with van der Waals surface area (Å²) in [6.07, 6.45) is 4.33. The summed E-state index contributed by atoms with van der Waals surface area (Å²) >= 11 is 3.23. The number of anilines is 1. The normalized spacial score (nSPS) is 11.0. The summed E-state index contributed by atoms with van der Waals surface area (Å²) in [5.41, 5.74) is 0. The Morgan fingerprint density at radius 1 is 1.33 bits per heavy atom. The number of nitrogens with one attached hydrogen (secondary N) is 1. The quantitative estimate of drug-likeness (QED) is 0.723. The van der Waals surface area contributed by atoms with E-state index >= 15 is 0 Å². The van der Waals surface area contributed by atoms with Gasteiger partial charge in [-0.1, -0.05) is 6.92 Å². The van der Waals surface area contributed by atoms with E-state index in [9.17, 15) is 0 Å². The van der Waals surface area contributed by atoms with Gasteiger partial charge in [0.1, 0.15) is 21.2 Å². The van der Waals surface area contributed by atoms with Crippen molar-refractivity contribution in [3.05, 3.63) is 29.5 Å². The van der Waals surface area contributed by atoms with Crippen LogP contribution in [0, 0.1) is 6.92 Å². The van der Waals surface area contributed by atoms with Gasteiger partial charge in [0.15, 0.2) is 0 Å². The van der Waals surface area contributed by atoms with Crippen molar-refractivity contribution in [3.8, 4) is 0 Å². The van der Waals surface area contributed by atoms with E-state index < -0.39 is 0 Å². The van der Waals surface area contributed by atoms with Crippen LogP contribution in [0.4, 0.5) is 5.95 Å². The average molecular weight is 317 g/mol. The molecule has 0 spiro atoms. The minimum Gasteiger partial charge on any atom is -0.354 e. The number of thiophene rings is 1. The molecular formula is C14H15N5S2. The van der Waals surface area contributed by atoms with Crippen molar-refractivity contribution in [3.63, 3.8) is 0 Å². The molecule has 0 fully saturated rings. The van der Waals surface area contributed by atoms with Crippen LogP contribution in [0.3, 0.4) is 0 Å². The molecule has 0 aliphatic heterocycles. The highest BCUT2D eigenvalue weighted by Crippen LogP contribution is 2.34. The molecule has 7 heteroatoms. The number of rotatable bonds is 5. The second-order valence-corrected chi connectivity index (χ2v) is 6.75. The summed E-state index contributed by atoms with van der Waals surface area (Å²) in [5, 5.41) is 6.16. The van der Waals surface area contributed by atoms with Crippen molar-refractivity contribution in [1.82, 2.24) is 19.9 Å². The van der Waals surface area contributed by atoms with Crippen molar-refractivity contribution >= 4 is 39.3 Å². The Balaban J connectivity index is 2.01. The molecule has 21 heavy (non-hydrogen) atoms. The third-order valence-electron chi connectivity index (χ3n) is 2.77. The lowest BCUT2D eigenvalue weighted by atomic mass is 10.4. The SMILES string of the molecule is CCCNc1nc(Sc2ccncn2)c2cc(C)sc2n1. The first-order valence-corrected chi connectivity index (χ1v) is 8.35. The number of nitrogens with zero attached hydrogens (tertiary/aromatic N) is 4. The van der Waals surface area contributed by atoms with Gasteiger partial charge in [-0.2, -0.15) is 0 Å². The molecule has 0 saturated carbocycles. The minimum absolute atomic E-state index is 0.683. The molecule has 0 aliphatic rings. The Hall–Kier alpha value is -1.73. The first kappa shape index (κ1) is 14.2. The van der Waals surface area contributed by atoms with Gasteiger partial charge < -0.3 is 5.32 Å². The summed E-state index contributed by atoms with van der Waals surface area (Å²) < 4.78 is 0. The van der Waals surface area contributed by atoms with Crippen LogP contribution in [-0.2, 0) is 0 Å². The van der Waals surface area contributed by atoms with Crippen LogP contribution >= 0.6 is 23.1 Å². The molecule has 1 N–H and O–H groups in total. The predicted molar refractivity (Wildman–Crippen MR) is 87.1 cm³/mol. The van der Waals surface area contributed by atoms with Gasteiger partial charge >= 0.3 is 0 Å². The molecular weight excluding hydrogens is 302 g/mol. The number of fused-ring (bicyclic) bond motifs is 1. The van der Waals surface area contributed by atoms with Crippen LogP contribution in [0.5, 0.6) is 0 Å². The fourth-order valence-electron chi connectivity index (χ4n) is 1.85. The molecule has 3 aromatic rings. The summed E-state index contributed by atoms with van der Waals surface area (Å²) in [7, 11) is 0. The third kappa shape index (κ3) is 3.30. The van der Waals surface area contributed by atoms with Gasteiger partial charge in [0, 0.05) is 23.0 Å². The summed E-state index contributed by atoms with van der Waals surface area (Å²) in [5.74, 6) is 0.683. The number of aryl methyl sites for hydroxylation is 1. The second-order valence-electron chi connectivity index (χ2n) is 4.50. The van der Waals surface area contributed by atoms with Crippen LogP contribution in [0.1, 0.15) is 18.2 Å². The highest BCUT2D eigenvalue weighted by molar-refractivity contribution is 7.99. The minimum atomic E-state index is 0.683. The van der Waals surface area contributed by atoms with Gasteiger partial charge in [-0.25, -0.2) is 19.9 Å².